The van der Waals surface area contributed by atoms with Crippen LogP contribution < -0.4 is 0 Å². The van der Waals surface area contributed by atoms with Crippen LogP contribution in [0.5, 0.6) is 0 Å². The van der Waals surface area contributed by atoms with Gasteiger partial charge in [-0.3, -0.25) is 4.79 Å². The number of carbonyl (C=O) groups excluding carboxylic acids is 1. The summed E-state index contributed by atoms with van der Waals surface area (Å²) in [5.74, 6) is -0.262. The molecule has 0 aromatic carbocycles. The van der Waals surface area contributed by atoms with E-state index in [1.807, 2.05) is 11.8 Å². The van der Waals surface area contributed by atoms with Gasteiger partial charge in [-0.1, -0.05) is 6.92 Å². The second kappa shape index (κ2) is 7.73. The molecule has 0 aliphatic rings. The van der Waals surface area contributed by atoms with Crippen molar-refractivity contribution in [3.63, 3.8) is 0 Å². The molecule has 0 saturated heterocycles. The predicted octanol–water partition coefficient (Wildman–Crippen LogP) is -0.775. The van der Waals surface area contributed by atoms with Gasteiger partial charge in [0, 0.05) is 13.1 Å². The van der Waals surface area contributed by atoms with Crippen molar-refractivity contribution in [2.75, 3.05) is 33.4 Å². The fourth-order valence-corrected chi connectivity index (χ4v) is 1.09. The van der Waals surface area contributed by atoms with Gasteiger partial charge in [-0.05, 0) is 6.54 Å². The molecular weight excluding hydrogens is 186 g/mol. The quantitative estimate of drug-likeness (QED) is 0.534. The summed E-state index contributed by atoms with van der Waals surface area (Å²) in [5, 5.41) is 17.8. The van der Waals surface area contributed by atoms with Crippen molar-refractivity contribution >= 4 is 5.97 Å². The molecule has 0 bridgehead atoms. The number of esters is 1. The summed E-state index contributed by atoms with van der Waals surface area (Å²) in [5.41, 5.74) is 0. The Morgan fingerprint density at radius 2 is 2.21 bits per heavy atom. The highest BCUT2D eigenvalue weighted by atomic mass is 16.5. The van der Waals surface area contributed by atoms with Crippen molar-refractivity contribution in [3.8, 4) is 0 Å². The van der Waals surface area contributed by atoms with Crippen LogP contribution in [-0.4, -0.2) is 60.5 Å². The SMILES string of the molecule is CCN(CCC(=O)OC)CC(O)CO. The average molecular weight is 205 g/mol. The zero-order valence-corrected chi connectivity index (χ0v) is 8.77. The minimum atomic E-state index is -0.743. The van der Waals surface area contributed by atoms with E-state index >= 15 is 0 Å². The van der Waals surface area contributed by atoms with E-state index in [9.17, 15) is 9.90 Å². The number of hydrogen-bond acceptors (Lipinski definition) is 5. The van der Waals surface area contributed by atoms with Crippen LogP contribution in [0.25, 0.3) is 0 Å². The second-order valence-electron chi connectivity index (χ2n) is 3.06. The number of rotatable bonds is 7. The third-order valence-corrected chi connectivity index (χ3v) is 1.99. The summed E-state index contributed by atoms with van der Waals surface area (Å²) in [7, 11) is 1.35. The molecular formula is C9H19NO4. The zero-order chi connectivity index (χ0) is 11.0. The Hall–Kier alpha value is -0.650. The van der Waals surface area contributed by atoms with Crippen molar-refractivity contribution < 1.29 is 19.7 Å². The summed E-state index contributed by atoms with van der Waals surface area (Å²) in [6, 6.07) is 0. The predicted molar refractivity (Wildman–Crippen MR) is 51.8 cm³/mol. The van der Waals surface area contributed by atoms with Crippen LogP contribution in [0.1, 0.15) is 13.3 Å². The zero-order valence-electron chi connectivity index (χ0n) is 8.77. The third kappa shape index (κ3) is 5.90. The molecule has 1 atom stereocenters. The number of hydrogen-bond donors (Lipinski definition) is 2. The van der Waals surface area contributed by atoms with E-state index in [2.05, 4.69) is 4.74 Å². The van der Waals surface area contributed by atoms with E-state index in [0.717, 1.165) is 6.54 Å². The number of aliphatic hydroxyl groups is 2. The molecule has 0 heterocycles. The Balaban J connectivity index is 3.73. The molecule has 0 aromatic rings. The summed E-state index contributed by atoms with van der Waals surface area (Å²) in [6.07, 6.45) is -0.435. The van der Waals surface area contributed by atoms with Gasteiger partial charge in [-0.25, -0.2) is 0 Å². The highest BCUT2D eigenvalue weighted by Gasteiger charge is 2.10. The van der Waals surface area contributed by atoms with E-state index in [0.29, 0.717) is 19.5 Å². The lowest BCUT2D eigenvalue weighted by molar-refractivity contribution is -0.141. The molecule has 0 fully saturated rings. The fourth-order valence-electron chi connectivity index (χ4n) is 1.09. The number of ether oxygens (including phenoxy) is 1. The number of carbonyl (C=O) groups is 1. The first-order valence-corrected chi connectivity index (χ1v) is 4.72. The summed E-state index contributed by atoms with van der Waals surface area (Å²) in [4.78, 5) is 12.7. The monoisotopic (exact) mass is 205 g/mol. The van der Waals surface area contributed by atoms with Crippen LogP contribution in [0.15, 0.2) is 0 Å². The van der Waals surface area contributed by atoms with E-state index in [-0.39, 0.29) is 12.6 Å². The van der Waals surface area contributed by atoms with Crippen molar-refractivity contribution in [2.24, 2.45) is 0 Å². The minimum Gasteiger partial charge on any atom is -0.469 e. The van der Waals surface area contributed by atoms with Crippen molar-refractivity contribution in [3.05, 3.63) is 0 Å². The van der Waals surface area contributed by atoms with Crippen LogP contribution in [0, 0.1) is 0 Å². The first kappa shape index (κ1) is 13.4. The molecule has 14 heavy (non-hydrogen) atoms. The van der Waals surface area contributed by atoms with Gasteiger partial charge in [0.05, 0.1) is 26.2 Å². The lowest BCUT2D eigenvalue weighted by Crippen LogP contribution is -2.35. The van der Waals surface area contributed by atoms with Gasteiger partial charge in [0.2, 0.25) is 0 Å². The minimum absolute atomic E-state index is 0.255. The maximum Gasteiger partial charge on any atom is 0.306 e. The fraction of sp³-hybridized carbons (Fsp3) is 0.889. The summed E-state index contributed by atoms with van der Waals surface area (Å²) >= 11 is 0. The molecule has 0 aliphatic heterocycles. The average Bonchev–Trinajstić information content (AvgIpc) is 2.22. The van der Waals surface area contributed by atoms with Crippen LogP contribution in [0.3, 0.4) is 0 Å². The Bertz CT molecular complexity index is 163. The van der Waals surface area contributed by atoms with Gasteiger partial charge in [-0.15, -0.1) is 0 Å². The summed E-state index contributed by atoms with van der Waals surface area (Å²) in [6.45, 7) is 3.33. The highest BCUT2D eigenvalue weighted by Crippen LogP contribution is 1.95. The maximum atomic E-state index is 10.8. The first-order chi connectivity index (χ1) is 6.63. The number of methoxy groups -OCH3 is 1. The first-order valence-electron chi connectivity index (χ1n) is 4.72. The topological polar surface area (TPSA) is 70.0 Å². The highest BCUT2D eigenvalue weighted by molar-refractivity contribution is 5.69. The van der Waals surface area contributed by atoms with Crippen LogP contribution >= 0.6 is 0 Å². The van der Waals surface area contributed by atoms with Crippen molar-refractivity contribution in [2.45, 2.75) is 19.4 Å². The molecule has 0 saturated carbocycles. The largest absolute Gasteiger partial charge is 0.469 e. The van der Waals surface area contributed by atoms with Gasteiger partial charge >= 0.3 is 5.97 Å². The van der Waals surface area contributed by atoms with E-state index in [4.69, 9.17) is 5.11 Å². The van der Waals surface area contributed by atoms with Crippen molar-refractivity contribution in [1.29, 1.82) is 0 Å². The van der Waals surface area contributed by atoms with Gasteiger partial charge in [0.1, 0.15) is 0 Å². The second-order valence-corrected chi connectivity index (χ2v) is 3.06. The Labute approximate surface area is 84.3 Å². The van der Waals surface area contributed by atoms with E-state index < -0.39 is 6.10 Å². The number of aliphatic hydroxyl groups excluding tert-OH is 2. The molecule has 0 amide bonds. The molecule has 0 spiro atoms. The van der Waals surface area contributed by atoms with Crippen molar-refractivity contribution in [1.82, 2.24) is 4.90 Å². The normalized spacial score (nSPS) is 12.9. The molecule has 5 nitrogen and oxygen atoms in total. The molecule has 1 unspecified atom stereocenters. The maximum absolute atomic E-state index is 10.8. The third-order valence-electron chi connectivity index (χ3n) is 1.99. The molecule has 0 aromatic heterocycles. The van der Waals surface area contributed by atoms with Gasteiger partial charge in [0.15, 0.2) is 0 Å². The molecule has 0 aliphatic carbocycles. The smallest absolute Gasteiger partial charge is 0.306 e. The molecule has 0 radical (unpaired) electrons. The van der Waals surface area contributed by atoms with Crippen LogP contribution in [-0.2, 0) is 9.53 Å². The van der Waals surface area contributed by atoms with Gasteiger partial charge in [0.25, 0.3) is 0 Å². The molecule has 5 heteroatoms. The molecule has 84 valence electrons. The van der Waals surface area contributed by atoms with E-state index in [1.165, 1.54) is 7.11 Å². The number of likely N-dealkylation sites (N-methyl/N-ethyl adjacent to an activating group) is 1. The van der Waals surface area contributed by atoms with E-state index in [1.54, 1.807) is 0 Å². The van der Waals surface area contributed by atoms with Crippen LogP contribution in [0.2, 0.25) is 0 Å². The van der Waals surface area contributed by atoms with Gasteiger partial charge < -0.3 is 19.8 Å². The molecule has 0 rings (SSSR count). The number of nitrogens with zero attached hydrogens (tertiary/aromatic N) is 1. The standard InChI is InChI=1S/C9H19NO4/c1-3-10(6-8(12)7-11)5-4-9(13)14-2/h8,11-12H,3-7H2,1-2H3. The van der Waals surface area contributed by atoms with Gasteiger partial charge in [-0.2, -0.15) is 0 Å². The summed E-state index contributed by atoms with van der Waals surface area (Å²) < 4.78 is 4.50. The Morgan fingerprint density at radius 1 is 1.57 bits per heavy atom. The Kier molecular flexibility index (Phi) is 7.37. The lowest BCUT2D eigenvalue weighted by Gasteiger charge is -2.21. The lowest BCUT2D eigenvalue weighted by atomic mass is 10.3. The Morgan fingerprint density at radius 3 is 2.64 bits per heavy atom. The molecule has 2 N–H and O–H groups in total. The van der Waals surface area contributed by atoms with Crippen LogP contribution in [0.4, 0.5) is 0 Å².